The molecule has 1 saturated heterocycles. The third kappa shape index (κ3) is 1.64. The Labute approximate surface area is 90.5 Å². The maximum atomic E-state index is 9.14. The topological polar surface area (TPSA) is 33.0 Å². The predicted molar refractivity (Wildman–Crippen MR) is 58.6 cm³/mol. The molecule has 1 aromatic carbocycles. The van der Waals surface area contributed by atoms with Crippen molar-refractivity contribution < 1.29 is 4.74 Å². The van der Waals surface area contributed by atoms with Gasteiger partial charge in [0.15, 0.2) is 0 Å². The fourth-order valence-electron chi connectivity index (χ4n) is 1.79. The Hall–Kier alpha value is -1.33. The molecule has 2 nitrogen and oxygen atoms in total. The summed E-state index contributed by atoms with van der Waals surface area (Å²) in [6.45, 7) is 5.40. The highest BCUT2D eigenvalue weighted by Crippen LogP contribution is 2.32. The molecule has 0 spiro atoms. The van der Waals surface area contributed by atoms with Crippen molar-refractivity contribution in [1.29, 1.82) is 5.26 Å². The van der Waals surface area contributed by atoms with Crippen LogP contribution in [-0.2, 0) is 10.2 Å². The van der Waals surface area contributed by atoms with Gasteiger partial charge in [-0.15, -0.1) is 0 Å². The van der Waals surface area contributed by atoms with Crippen molar-refractivity contribution in [3.8, 4) is 6.07 Å². The second kappa shape index (κ2) is 3.67. The zero-order valence-corrected chi connectivity index (χ0v) is 9.16. The van der Waals surface area contributed by atoms with Crippen molar-refractivity contribution in [2.75, 3.05) is 13.2 Å². The largest absolute Gasteiger partial charge is 0.377 e. The van der Waals surface area contributed by atoms with Gasteiger partial charge in [0.05, 0.1) is 19.3 Å². The Bertz CT molecular complexity index is 382. The minimum atomic E-state index is -0.379. The molecule has 2 heteroatoms. The summed E-state index contributed by atoms with van der Waals surface area (Å²) in [4.78, 5) is 0. The number of rotatable bonds is 2. The first-order chi connectivity index (χ1) is 7.18. The van der Waals surface area contributed by atoms with Gasteiger partial charge in [0, 0.05) is 0 Å². The van der Waals surface area contributed by atoms with Crippen LogP contribution >= 0.6 is 0 Å². The number of hydrogen-bond donors (Lipinski definition) is 0. The molecule has 1 aliphatic rings. The van der Waals surface area contributed by atoms with E-state index in [0.717, 1.165) is 5.56 Å². The molecule has 2 rings (SSSR count). The van der Waals surface area contributed by atoms with E-state index in [2.05, 4.69) is 44.2 Å². The summed E-state index contributed by atoms with van der Waals surface area (Å²) in [5.41, 5.74) is 2.02. The van der Waals surface area contributed by atoms with Crippen molar-refractivity contribution in [2.24, 2.45) is 0 Å². The van der Waals surface area contributed by atoms with Gasteiger partial charge in [0.1, 0.15) is 5.41 Å². The van der Waals surface area contributed by atoms with Crippen LogP contribution < -0.4 is 0 Å². The lowest BCUT2D eigenvalue weighted by Crippen LogP contribution is -2.45. The third-order valence-electron chi connectivity index (χ3n) is 3.04. The lowest BCUT2D eigenvalue weighted by Gasteiger charge is -2.35. The molecule has 15 heavy (non-hydrogen) atoms. The average molecular weight is 201 g/mol. The molecule has 0 saturated carbocycles. The second-order valence-corrected chi connectivity index (χ2v) is 4.46. The van der Waals surface area contributed by atoms with E-state index < -0.39 is 0 Å². The van der Waals surface area contributed by atoms with Gasteiger partial charge >= 0.3 is 0 Å². The molecule has 0 unspecified atom stereocenters. The minimum absolute atomic E-state index is 0.379. The van der Waals surface area contributed by atoms with Gasteiger partial charge in [-0.05, 0) is 17.0 Å². The third-order valence-corrected chi connectivity index (χ3v) is 3.04. The molecule has 0 aromatic heterocycles. The van der Waals surface area contributed by atoms with Crippen molar-refractivity contribution in [2.45, 2.75) is 25.2 Å². The quantitative estimate of drug-likeness (QED) is 0.736. The summed E-state index contributed by atoms with van der Waals surface area (Å²) < 4.78 is 5.14. The standard InChI is InChI=1S/C13H15NO/c1-10(2)11-3-5-12(6-4-11)13(7-14)8-15-9-13/h3-6,10H,8-9H2,1-2H3. The summed E-state index contributed by atoms with van der Waals surface area (Å²) >= 11 is 0. The van der Waals surface area contributed by atoms with Crippen LogP contribution in [0.1, 0.15) is 30.9 Å². The van der Waals surface area contributed by atoms with Gasteiger partial charge in [-0.25, -0.2) is 0 Å². The smallest absolute Gasteiger partial charge is 0.129 e. The molecule has 1 aromatic rings. The van der Waals surface area contributed by atoms with Crippen LogP contribution in [0, 0.1) is 11.3 Å². The van der Waals surface area contributed by atoms with Crippen LogP contribution in [0.25, 0.3) is 0 Å². The van der Waals surface area contributed by atoms with E-state index in [9.17, 15) is 0 Å². The Kier molecular flexibility index (Phi) is 2.50. The zero-order valence-electron chi connectivity index (χ0n) is 9.16. The summed E-state index contributed by atoms with van der Waals surface area (Å²) in [6.07, 6.45) is 0. The van der Waals surface area contributed by atoms with Crippen LogP contribution in [0.2, 0.25) is 0 Å². The van der Waals surface area contributed by atoms with Crippen LogP contribution in [0.5, 0.6) is 0 Å². The van der Waals surface area contributed by atoms with Crippen molar-refractivity contribution >= 4 is 0 Å². The molecular formula is C13H15NO. The van der Waals surface area contributed by atoms with E-state index in [0.29, 0.717) is 19.1 Å². The Morgan fingerprint density at radius 1 is 1.27 bits per heavy atom. The highest BCUT2D eigenvalue weighted by Gasteiger charge is 2.40. The van der Waals surface area contributed by atoms with Gasteiger partial charge in [0.25, 0.3) is 0 Å². The van der Waals surface area contributed by atoms with Gasteiger partial charge in [-0.3, -0.25) is 0 Å². The van der Waals surface area contributed by atoms with Gasteiger partial charge in [-0.1, -0.05) is 38.1 Å². The van der Waals surface area contributed by atoms with Crippen LogP contribution in [-0.4, -0.2) is 13.2 Å². The molecular weight excluding hydrogens is 186 g/mol. The van der Waals surface area contributed by atoms with Gasteiger partial charge in [-0.2, -0.15) is 5.26 Å². The van der Waals surface area contributed by atoms with E-state index in [4.69, 9.17) is 10.00 Å². The molecule has 0 aliphatic carbocycles. The maximum absolute atomic E-state index is 9.14. The van der Waals surface area contributed by atoms with E-state index in [1.165, 1.54) is 5.56 Å². The highest BCUT2D eigenvalue weighted by atomic mass is 16.5. The Morgan fingerprint density at radius 3 is 2.20 bits per heavy atom. The van der Waals surface area contributed by atoms with E-state index >= 15 is 0 Å². The molecule has 0 bridgehead atoms. The monoisotopic (exact) mass is 201 g/mol. The number of nitriles is 1. The van der Waals surface area contributed by atoms with E-state index in [1.807, 2.05) is 0 Å². The van der Waals surface area contributed by atoms with Gasteiger partial charge < -0.3 is 4.74 Å². The summed E-state index contributed by atoms with van der Waals surface area (Å²) in [6, 6.07) is 10.7. The number of nitrogens with zero attached hydrogens (tertiary/aromatic N) is 1. The fraction of sp³-hybridized carbons (Fsp3) is 0.462. The first-order valence-electron chi connectivity index (χ1n) is 5.27. The van der Waals surface area contributed by atoms with E-state index in [1.54, 1.807) is 0 Å². The lowest BCUT2D eigenvalue weighted by molar-refractivity contribution is -0.0298. The summed E-state index contributed by atoms with van der Waals surface area (Å²) in [5.74, 6) is 0.537. The normalized spacial score (nSPS) is 18.3. The molecule has 0 radical (unpaired) electrons. The Morgan fingerprint density at radius 2 is 1.87 bits per heavy atom. The molecule has 78 valence electrons. The molecule has 0 atom stereocenters. The Balaban J connectivity index is 2.28. The summed E-state index contributed by atoms with van der Waals surface area (Å²) in [5, 5.41) is 9.14. The predicted octanol–water partition coefficient (Wildman–Crippen LogP) is 2.60. The highest BCUT2D eigenvalue weighted by molar-refractivity contribution is 5.37. The maximum Gasteiger partial charge on any atom is 0.129 e. The van der Waals surface area contributed by atoms with Crippen LogP contribution in [0.4, 0.5) is 0 Å². The molecule has 1 heterocycles. The fourth-order valence-corrected chi connectivity index (χ4v) is 1.79. The first-order valence-corrected chi connectivity index (χ1v) is 5.27. The van der Waals surface area contributed by atoms with Crippen molar-refractivity contribution in [3.05, 3.63) is 35.4 Å². The summed E-state index contributed by atoms with van der Waals surface area (Å²) in [7, 11) is 0. The van der Waals surface area contributed by atoms with Gasteiger partial charge in [0.2, 0.25) is 0 Å². The van der Waals surface area contributed by atoms with Crippen LogP contribution in [0.15, 0.2) is 24.3 Å². The van der Waals surface area contributed by atoms with Crippen molar-refractivity contribution in [1.82, 2.24) is 0 Å². The molecule has 0 amide bonds. The van der Waals surface area contributed by atoms with E-state index in [-0.39, 0.29) is 5.41 Å². The first kappa shape index (κ1) is 10.2. The van der Waals surface area contributed by atoms with Crippen molar-refractivity contribution in [3.63, 3.8) is 0 Å². The SMILES string of the molecule is CC(C)c1ccc(C2(C#N)COC2)cc1. The minimum Gasteiger partial charge on any atom is -0.377 e. The number of benzene rings is 1. The average Bonchev–Trinajstić information content (AvgIpc) is 2.18. The second-order valence-electron chi connectivity index (χ2n) is 4.46. The molecule has 0 N–H and O–H groups in total. The molecule has 1 fully saturated rings. The zero-order chi connectivity index (χ0) is 10.9. The lowest BCUT2D eigenvalue weighted by atomic mass is 9.79. The number of hydrogen-bond acceptors (Lipinski definition) is 2. The number of ether oxygens (including phenoxy) is 1. The van der Waals surface area contributed by atoms with Crippen LogP contribution in [0.3, 0.4) is 0 Å². The molecule has 1 aliphatic heterocycles.